The second-order valence-electron chi connectivity index (χ2n) is 6.16. The first kappa shape index (κ1) is 21.2. The number of anilines is 1. The predicted octanol–water partition coefficient (Wildman–Crippen LogP) is 4.56. The maximum absolute atomic E-state index is 13.0. The van der Waals surface area contributed by atoms with E-state index in [-0.39, 0.29) is 10.6 Å². The molecule has 0 aliphatic rings. The van der Waals surface area contributed by atoms with Crippen LogP contribution in [0.25, 0.3) is 0 Å². The minimum atomic E-state index is -0.517. The molecule has 5 nitrogen and oxygen atoms in total. The Labute approximate surface area is 164 Å². The zero-order valence-electron chi connectivity index (χ0n) is 16.3. The highest BCUT2D eigenvalue weighted by Gasteiger charge is 2.23. The molecule has 27 heavy (non-hydrogen) atoms. The molecule has 0 fully saturated rings. The van der Waals surface area contributed by atoms with Crippen molar-refractivity contribution in [1.29, 1.82) is 0 Å². The Morgan fingerprint density at radius 1 is 1.19 bits per heavy atom. The van der Waals surface area contributed by atoms with Gasteiger partial charge in [0.15, 0.2) is 0 Å². The van der Waals surface area contributed by atoms with Crippen molar-refractivity contribution in [3.05, 3.63) is 61.7 Å². The van der Waals surface area contributed by atoms with Gasteiger partial charge in [-0.05, 0) is 37.8 Å². The number of carbonyl (C=O) groups is 1. The van der Waals surface area contributed by atoms with Crippen molar-refractivity contribution in [3.63, 3.8) is 0 Å². The fourth-order valence-electron chi connectivity index (χ4n) is 2.97. The SMILES string of the molecule is CCOCCc1oc(C)c(Cl)c(=O)c1C(=O)Nc1c(CC)cccc1CC. The summed E-state index contributed by atoms with van der Waals surface area (Å²) in [4.78, 5) is 25.7. The highest BCUT2D eigenvalue weighted by Crippen LogP contribution is 2.24. The van der Waals surface area contributed by atoms with E-state index in [0.717, 1.165) is 29.7 Å². The Morgan fingerprint density at radius 3 is 2.37 bits per heavy atom. The Bertz CT molecular complexity index is 851. The monoisotopic (exact) mass is 391 g/mol. The van der Waals surface area contributed by atoms with Gasteiger partial charge in [0.1, 0.15) is 22.1 Å². The number of nitrogens with one attached hydrogen (secondary N) is 1. The lowest BCUT2D eigenvalue weighted by Crippen LogP contribution is -2.26. The van der Waals surface area contributed by atoms with Crippen molar-refractivity contribution in [1.82, 2.24) is 0 Å². The first-order valence-electron chi connectivity index (χ1n) is 9.26. The molecule has 1 aromatic carbocycles. The van der Waals surface area contributed by atoms with Gasteiger partial charge in [-0.25, -0.2) is 0 Å². The summed E-state index contributed by atoms with van der Waals surface area (Å²) >= 11 is 6.06. The highest BCUT2D eigenvalue weighted by molar-refractivity contribution is 6.31. The molecule has 0 saturated heterocycles. The van der Waals surface area contributed by atoms with Crippen molar-refractivity contribution in [2.24, 2.45) is 0 Å². The molecule has 0 atom stereocenters. The summed E-state index contributed by atoms with van der Waals surface area (Å²) in [5.41, 5.74) is 2.20. The summed E-state index contributed by atoms with van der Waals surface area (Å²) in [6.07, 6.45) is 1.85. The lowest BCUT2D eigenvalue weighted by molar-refractivity contribution is 0.101. The minimum absolute atomic E-state index is 0.0572. The van der Waals surface area contributed by atoms with Gasteiger partial charge in [-0.1, -0.05) is 43.6 Å². The molecule has 146 valence electrons. The van der Waals surface area contributed by atoms with Crippen LogP contribution in [0.5, 0.6) is 0 Å². The molecule has 0 aliphatic carbocycles. The number of amides is 1. The minimum Gasteiger partial charge on any atom is -0.464 e. The second-order valence-corrected chi connectivity index (χ2v) is 6.54. The van der Waals surface area contributed by atoms with E-state index in [1.165, 1.54) is 0 Å². The summed E-state index contributed by atoms with van der Waals surface area (Å²) in [6, 6.07) is 5.91. The number of carbonyl (C=O) groups excluding carboxylic acids is 1. The van der Waals surface area contributed by atoms with Crippen LogP contribution in [0, 0.1) is 6.92 Å². The zero-order valence-corrected chi connectivity index (χ0v) is 17.0. The van der Waals surface area contributed by atoms with E-state index in [1.807, 2.05) is 39.0 Å². The molecule has 6 heteroatoms. The number of rotatable bonds is 8. The van der Waals surface area contributed by atoms with Crippen molar-refractivity contribution in [2.75, 3.05) is 18.5 Å². The van der Waals surface area contributed by atoms with Gasteiger partial charge in [0.2, 0.25) is 5.43 Å². The first-order valence-corrected chi connectivity index (χ1v) is 9.64. The molecular formula is C21H26ClNO4. The van der Waals surface area contributed by atoms with Crippen LogP contribution >= 0.6 is 11.6 Å². The molecule has 0 aliphatic heterocycles. The lowest BCUT2D eigenvalue weighted by atomic mass is 10.0. The van der Waals surface area contributed by atoms with Gasteiger partial charge in [-0.15, -0.1) is 0 Å². The van der Waals surface area contributed by atoms with E-state index in [0.29, 0.717) is 31.2 Å². The number of ether oxygens (including phenoxy) is 1. The van der Waals surface area contributed by atoms with Crippen molar-refractivity contribution in [2.45, 2.75) is 47.0 Å². The smallest absolute Gasteiger partial charge is 0.263 e. The van der Waals surface area contributed by atoms with Crippen LogP contribution in [0.15, 0.2) is 27.4 Å². The van der Waals surface area contributed by atoms with Gasteiger partial charge >= 0.3 is 0 Å². The van der Waals surface area contributed by atoms with Gasteiger partial charge in [-0.2, -0.15) is 0 Å². The molecule has 2 aromatic rings. The molecule has 2 rings (SSSR count). The summed E-state index contributed by atoms with van der Waals surface area (Å²) in [7, 11) is 0. The van der Waals surface area contributed by atoms with Crippen LogP contribution in [0.2, 0.25) is 5.02 Å². The average Bonchev–Trinajstić information content (AvgIpc) is 2.66. The van der Waals surface area contributed by atoms with Crippen molar-refractivity contribution < 1.29 is 13.9 Å². The predicted molar refractivity (Wildman–Crippen MR) is 108 cm³/mol. The zero-order chi connectivity index (χ0) is 20.0. The van der Waals surface area contributed by atoms with Crippen LogP contribution in [0.1, 0.15) is 53.8 Å². The van der Waals surface area contributed by atoms with Gasteiger partial charge in [0, 0.05) is 18.7 Å². The highest BCUT2D eigenvalue weighted by atomic mass is 35.5. The number of hydrogen-bond acceptors (Lipinski definition) is 4. The quantitative estimate of drug-likeness (QED) is 0.670. The molecule has 1 heterocycles. The van der Waals surface area contributed by atoms with E-state index >= 15 is 0 Å². The van der Waals surface area contributed by atoms with Crippen LogP contribution in [0.3, 0.4) is 0 Å². The standard InChI is InChI=1S/C21H26ClNO4/c1-5-14-9-8-10-15(6-2)19(14)23-21(25)17-16(11-12-26-7-3)27-13(4)18(22)20(17)24/h8-10H,5-7,11-12H2,1-4H3,(H,23,25). The van der Waals surface area contributed by atoms with E-state index < -0.39 is 11.3 Å². The maximum Gasteiger partial charge on any atom is 0.263 e. The molecule has 0 saturated carbocycles. The molecule has 0 spiro atoms. The Morgan fingerprint density at radius 2 is 1.81 bits per heavy atom. The van der Waals surface area contributed by atoms with E-state index in [1.54, 1.807) is 6.92 Å². The van der Waals surface area contributed by atoms with Crippen LogP contribution in [-0.4, -0.2) is 19.1 Å². The number of benzene rings is 1. The third-order valence-electron chi connectivity index (χ3n) is 4.43. The van der Waals surface area contributed by atoms with Crippen LogP contribution in [-0.2, 0) is 24.0 Å². The van der Waals surface area contributed by atoms with E-state index in [9.17, 15) is 9.59 Å². The average molecular weight is 392 g/mol. The summed E-state index contributed by atoms with van der Waals surface area (Å²) < 4.78 is 11.0. The number of aryl methyl sites for hydroxylation is 3. The van der Waals surface area contributed by atoms with Gasteiger partial charge < -0.3 is 14.5 Å². The van der Waals surface area contributed by atoms with Gasteiger partial charge in [-0.3, -0.25) is 9.59 Å². The third kappa shape index (κ3) is 4.79. The number of hydrogen-bond donors (Lipinski definition) is 1. The Balaban J connectivity index is 2.47. The number of halogens is 1. The molecule has 0 bridgehead atoms. The van der Waals surface area contributed by atoms with Gasteiger partial charge in [0.05, 0.1) is 6.61 Å². The lowest BCUT2D eigenvalue weighted by Gasteiger charge is -2.16. The molecule has 1 N–H and O–H groups in total. The third-order valence-corrected chi connectivity index (χ3v) is 4.87. The van der Waals surface area contributed by atoms with Gasteiger partial charge in [0.25, 0.3) is 5.91 Å². The second kappa shape index (κ2) is 9.72. The summed E-state index contributed by atoms with van der Waals surface area (Å²) in [5.74, 6) is 0.0838. The molecule has 1 aromatic heterocycles. The van der Waals surface area contributed by atoms with Crippen LogP contribution in [0.4, 0.5) is 5.69 Å². The Kier molecular flexibility index (Phi) is 7.63. The van der Waals surface area contributed by atoms with E-state index in [2.05, 4.69) is 5.32 Å². The van der Waals surface area contributed by atoms with Crippen molar-refractivity contribution in [3.8, 4) is 0 Å². The maximum atomic E-state index is 13.0. The summed E-state index contributed by atoms with van der Waals surface area (Å²) in [6.45, 7) is 8.43. The van der Waals surface area contributed by atoms with Crippen LogP contribution < -0.4 is 10.7 Å². The number of para-hydroxylation sites is 1. The largest absolute Gasteiger partial charge is 0.464 e. The fourth-order valence-corrected chi connectivity index (χ4v) is 3.10. The molecule has 1 amide bonds. The molecule has 0 radical (unpaired) electrons. The summed E-state index contributed by atoms with van der Waals surface area (Å²) in [5, 5.41) is 2.85. The molecular weight excluding hydrogens is 366 g/mol. The molecule has 0 unspecified atom stereocenters. The van der Waals surface area contributed by atoms with Crippen molar-refractivity contribution >= 4 is 23.2 Å². The first-order chi connectivity index (χ1) is 12.9. The Hall–Kier alpha value is -2.11. The fraction of sp³-hybridized carbons (Fsp3) is 0.429. The topological polar surface area (TPSA) is 68.5 Å². The normalized spacial score (nSPS) is 10.9. The van der Waals surface area contributed by atoms with E-state index in [4.69, 9.17) is 20.8 Å².